The molecular formula is C42H16N2Na6O24S6. The van der Waals surface area contributed by atoms with Crippen molar-refractivity contribution in [2.75, 3.05) is 0 Å². The molecule has 0 unspecified atom stereocenters. The van der Waals surface area contributed by atoms with Crippen LogP contribution in [0, 0.1) is 20.9 Å². The van der Waals surface area contributed by atoms with Gasteiger partial charge in [0, 0.05) is 48.0 Å². The van der Waals surface area contributed by atoms with Crippen molar-refractivity contribution in [1.82, 2.24) is 0 Å². The third-order valence-corrected chi connectivity index (χ3v) is 13.8. The van der Waals surface area contributed by atoms with Crippen LogP contribution in [0.2, 0.25) is 0 Å². The van der Waals surface area contributed by atoms with Crippen molar-refractivity contribution < 1.29 is 280 Å². The van der Waals surface area contributed by atoms with Crippen LogP contribution in [0.4, 0.5) is 11.4 Å². The van der Waals surface area contributed by atoms with Gasteiger partial charge in [0.25, 0.3) is 62.4 Å². The summed E-state index contributed by atoms with van der Waals surface area (Å²) < 4.78 is 253. The maximum absolute atomic E-state index is 12.7. The molecular weight excluding hydrogens is 1250 g/mol. The molecule has 11 rings (SSSR count). The molecule has 38 heteroatoms. The van der Waals surface area contributed by atoms with Crippen molar-refractivity contribution in [3.8, 4) is 34.5 Å². The van der Waals surface area contributed by atoms with Gasteiger partial charge in [-0.15, -0.1) is 0 Å². The van der Waals surface area contributed by atoms with E-state index in [0.717, 1.165) is 30.3 Å². The summed E-state index contributed by atoms with van der Waals surface area (Å²) in [6, 6.07) is 19.3. The average Bonchev–Trinajstić information content (AvgIpc) is 3.85. The number of hydrogen-bond donors (Lipinski definition) is 0. The zero-order valence-corrected chi connectivity index (χ0v) is 58.3. The fraction of sp³-hybridized carbons (Fsp3) is 0. The fourth-order valence-corrected chi connectivity index (χ4v) is 11.5. The largest absolute Gasteiger partial charge is 1.00 e. The van der Waals surface area contributed by atoms with Gasteiger partial charge in [0.1, 0.15) is 5.75 Å². The van der Waals surface area contributed by atoms with E-state index in [2.05, 4.69) is 9.18 Å². The molecule has 0 aromatic heterocycles. The van der Waals surface area contributed by atoms with E-state index in [4.69, 9.17) is 25.9 Å². The summed E-state index contributed by atoms with van der Waals surface area (Å²) in [7, 11) is -34.8. The van der Waals surface area contributed by atoms with Crippen LogP contribution >= 0.6 is 0 Å². The Morgan fingerprint density at radius 2 is 0.738 bits per heavy atom. The van der Waals surface area contributed by atoms with E-state index in [9.17, 15) is 77.8 Å². The molecule has 0 fully saturated rings. The molecule has 0 saturated carbocycles. The quantitative estimate of drug-likeness (QED) is 0.0474. The fourth-order valence-electron chi connectivity index (χ4n) is 9.29. The number of fused-ring (bicyclic) bond motifs is 15. The van der Waals surface area contributed by atoms with Gasteiger partial charge in [-0.1, -0.05) is 66.7 Å². The Balaban J connectivity index is 0.00000196. The minimum atomic E-state index is -6.01. The molecule has 2 heterocycles. The van der Waals surface area contributed by atoms with Crippen LogP contribution in [0.25, 0.3) is 64.6 Å². The standard InChI is InChI=1S/C42H22N2O24S6.6Na/c45-69(46,47)63-20-11-9-17-15-26-18(13-19(17)14-20)10-12-25-29-32-31-28(64-70(48,49)50)16-27-30(40(66-72(54,55)56)22-6-2-1-5-21(22)39(27)65-71(51,52)53)37(31)44-38(32)34-33(36(29)43-35(25)26)41(67-73(57,58)59)23-7-3-4-8-24(23)42(34)68-74(60,61)62;;;;;;/h1-16H,(H,45,46,47)(H,48,49,50)(H,51,52,53)(H,54,55,56)(H,57,58,59)(H,60,61,62);;;;;;/q;6*+1/p-6. The second kappa shape index (κ2) is 24.3. The summed E-state index contributed by atoms with van der Waals surface area (Å²) in [6.45, 7) is 0. The predicted octanol–water partition coefficient (Wildman–Crippen LogP) is -15.2. The van der Waals surface area contributed by atoms with Gasteiger partial charge in [-0.3, -0.25) is 0 Å². The first-order valence-corrected chi connectivity index (χ1v) is 27.9. The molecule has 0 atom stereocenters. The Morgan fingerprint density at radius 3 is 1.21 bits per heavy atom. The normalized spacial score (nSPS) is 12.6. The van der Waals surface area contributed by atoms with E-state index in [1.54, 1.807) is 0 Å². The molecule has 26 nitrogen and oxygen atoms in total. The summed E-state index contributed by atoms with van der Waals surface area (Å²) in [5, 5.41) is -6.38. The summed E-state index contributed by atoms with van der Waals surface area (Å²) in [5.74, 6) is -5.44. The first kappa shape index (κ1) is 69.2. The molecule has 0 bridgehead atoms. The number of nitrogens with zero attached hydrogens (tertiary/aromatic N) is 2. The first-order chi connectivity index (χ1) is 34.4. The molecule has 9 aromatic carbocycles. The van der Waals surface area contributed by atoms with E-state index in [-0.39, 0.29) is 204 Å². The second-order valence-electron chi connectivity index (χ2n) is 15.8. The maximum atomic E-state index is 12.7. The zero-order chi connectivity index (χ0) is 53.0. The van der Waals surface area contributed by atoms with Gasteiger partial charge in [-0.05, 0) is 46.5 Å². The van der Waals surface area contributed by atoms with E-state index >= 15 is 0 Å². The predicted molar refractivity (Wildman–Crippen MR) is 243 cm³/mol. The van der Waals surface area contributed by atoms with Gasteiger partial charge in [0.15, 0.2) is 28.7 Å². The van der Waals surface area contributed by atoms with Crippen LogP contribution in [-0.2, 0) is 62.4 Å². The molecule has 2 aliphatic rings. The summed E-state index contributed by atoms with van der Waals surface area (Å²) in [4.78, 5) is 9.43. The minimum Gasteiger partial charge on any atom is -0.716 e. The molecule has 0 amide bonds. The van der Waals surface area contributed by atoms with Crippen molar-refractivity contribution in [2.24, 2.45) is 9.98 Å². The van der Waals surface area contributed by atoms with Gasteiger partial charge < -0.3 is 52.4 Å². The Kier molecular flexibility index (Phi) is 21.0. The summed E-state index contributed by atoms with van der Waals surface area (Å²) in [5.41, 5.74) is -1.22. The van der Waals surface area contributed by atoms with Crippen molar-refractivity contribution >= 4 is 138 Å². The molecule has 9 aromatic rings. The number of rotatable bonds is 12. The van der Waals surface area contributed by atoms with Crippen LogP contribution in [0.15, 0.2) is 107 Å². The van der Waals surface area contributed by atoms with Gasteiger partial charge >= 0.3 is 177 Å². The van der Waals surface area contributed by atoms with Crippen molar-refractivity contribution in [3.05, 3.63) is 129 Å². The Bertz CT molecular complexity index is 5290. The molecule has 0 saturated heterocycles. The first-order valence-electron chi connectivity index (χ1n) is 19.9. The molecule has 0 spiro atoms. The Morgan fingerprint density at radius 1 is 0.325 bits per heavy atom. The third kappa shape index (κ3) is 13.3. The Hall–Kier alpha value is -1.60. The molecule has 0 radical (unpaired) electrons. The number of benzene rings is 9. The van der Waals surface area contributed by atoms with Gasteiger partial charge in [0.05, 0.1) is 43.5 Å². The van der Waals surface area contributed by atoms with Crippen molar-refractivity contribution in [1.29, 1.82) is 0 Å². The minimum absolute atomic E-state index is 0. The second-order valence-corrected chi connectivity index (χ2v) is 21.7. The van der Waals surface area contributed by atoms with E-state index < -0.39 is 161 Å². The van der Waals surface area contributed by atoms with E-state index in [0.29, 0.717) is 22.2 Å². The molecule has 2 aliphatic heterocycles. The van der Waals surface area contributed by atoms with Crippen LogP contribution in [0.3, 0.4) is 0 Å². The van der Waals surface area contributed by atoms with Crippen LogP contribution in [0.5, 0.6) is 34.5 Å². The maximum Gasteiger partial charge on any atom is 1.00 e. The van der Waals surface area contributed by atoms with Crippen LogP contribution in [-0.4, -0.2) is 77.8 Å². The molecule has 0 N–H and O–H groups in total. The van der Waals surface area contributed by atoms with Gasteiger partial charge in [-0.25, -0.2) is 60.5 Å². The SMILES string of the molecule is O=S(=O)([O-])Oc1ccc2cc3c4c(ccc3cc2c1)=c1c(c2c(OS(=O)(=O)[O-])c3ccccc3c(OS(=O)(=O)[O-])c2c2c1=c1c(OS(=O)(=O)[O-])cc3c(OS(=O)(=O)[O-])c5ccccc5c(OS(=O)(=O)[O-])c3c1=N2)N=4.[Na+].[Na+].[Na+].[Na+].[Na+].[Na+]. The summed E-state index contributed by atoms with van der Waals surface area (Å²) >= 11 is 0. The van der Waals surface area contributed by atoms with Crippen LogP contribution in [0.1, 0.15) is 0 Å². The number of hydrogen-bond acceptors (Lipinski definition) is 26. The smallest absolute Gasteiger partial charge is 0.716 e. The molecule has 380 valence electrons. The van der Waals surface area contributed by atoms with E-state index in [1.165, 1.54) is 60.7 Å². The molecule has 0 aliphatic carbocycles. The van der Waals surface area contributed by atoms with Crippen molar-refractivity contribution in [3.63, 3.8) is 0 Å². The van der Waals surface area contributed by atoms with Gasteiger partial charge in [-0.2, -0.15) is 0 Å². The van der Waals surface area contributed by atoms with Gasteiger partial charge in [0.2, 0.25) is 0 Å². The Labute approximate surface area is 582 Å². The van der Waals surface area contributed by atoms with E-state index in [1.807, 2.05) is 0 Å². The average molecular weight is 1260 g/mol. The zero-order valence-electron chi connectivity index (χ0n) is 41.4. The topological polar surface area (TPSA) is 423 Å². The van der Waals surface area contributed by atoms with Crippen molar-refractivity contribution in [2.45, 2.75) is 0 Å². The monoisotopic (exact) mass is 1260 g/mol. The van der Waals surface area contributed by atoms with Crippen LogP contribution < -0.4 is 213 Å². The summed E-state index contributed by atoms with van der Waals surface area (Å²) in [6.07, 6.45) is 0. The molecule has 80 heavy (non-hydrogen) atoms. The third-order valence-electron chi connectivity index (χ3n) is 11.5.